The summed E-state index contributed by atoms with van der Waals surface area (Å²) >= 11 is 0. The van der Waals surface area contributed by atoms with Gasteiger partial charge in [0.05, 0.1) is 19.8 Å². The number of nitrogens with one attached hydrogen (secondary N) is 1. The molecular formula is C12H21ClN2O3. The van der Waals surface area contributed by atoms with Crippen molar-refractivity contribution < 1.29 is 14.3 Å². The molecule has 0 bridgehead atoms. The number of amides is 1. The van der Waals surface area contributed by atoms with Crippen LogP contribution < -0.4 is 5.32 Å². The van der Waals surface area contributed by atoms with Gasteiger partial charge in [-0.15, -0.1) is 12.4 Å². The number of nitrogens with zero attached hydrogens (tertiary/aromatic N) is 1. The fourth-order valence-corrected chi connectivity index (χ4v) is 3.10. The Bertz CT molecular complexity index is 302. The van der Waals surface area contributed by atoms with Crippen LogP contribution in [0.5, 0.6) is 0 Å². The quantitative estimate of drug-likeness (QED) is 0.735. The number of hydrogen-bond acceptors (Lipinski definition) is 4. The van der Waals surface area contributed by atoms with Crippen molar-refractivity contribution in [2.24, 2.45) is 5.41 Å². The second-order valence-corrected chi connectivity index (χ2v) is 5.37. The van der Waals surface area contributed by atoms with Gasteiger partial charge in [0.15, 0.2) is 6.10 Å². The molecule has 0 aromatic carbocycles. The smallest absolute Gasteiger partial charge is 0.254 e. The summed E-state index contributed by atoms with van der Waals surface area (Å²) in [4.78, 5) is 14.2. The molecule has 5 nitrogen and oxygen atoms in total. The van der Waals surface area contributed by atoms with Crippen molar-refractivity contribution in [3.63, 3.8) is 0 Å². The van der Waals surface area contributed by atoms with E-state index in [9.17, 15) is 4.79 Å². The lowest BCUT2D eigenvalue weighted by Gasteiger charge is -2.28. The van der Waals surface area contributed by atoms with Gasteiger partial charge in [0.1, 0.15) is 0 Å². The van der Waals surface area contributed by atoms with Crippen LogP contribution in [0.4, 0.5) is 0 Å². The SMILES string of the molecule is Cl.O=C(C1COCCO1)N1CCC2(CCNC2)C1. The molecule has 3 aliphatic rings. The maximum Gasteiger partial charge on any atom is 0.254 e. The molecule has 2 atom stereocenters. The second-order valence-electron chi connectivity index (χ2n) is 5.37. The summed E-state index contributed by atoms with van der Waals surface area (Å²) in [5, 5.41) is 3.40. The molecule has 0 aromatic heterocycles. The Labute approximate surface area is 114 Å². The first-order valence-corrected chi connectivity index (χ1v) is 6.48. The van der Waals surface area contributed by atoms with Gasteiger partial charge < -0.3 is 19.7 Å². The second kappa shape index (κ2) is 5.74. The van der Waals surface area contributed by atoms with Gasteiger partial charge in [-0.05, 0) is 19.4 Å². The fraction of sp³-hybridized carbons (Fsp3) is 0.917. The van der Waals surface area contributed by atoms with Crippen molar-refractivity contribution in [1.29, 1.82) is 0 Å². The maximum absolute atomic E-state index is 12.2. The molecule has 0 aliphatic carbocycles. The first-order chi connectivity index (χ1) is 8.29. The molecule has 3 aliphatic heterocycles. The molecule has 3 saturated heterocycles. The average Bonchev–Trinajstić information content (AvgIpc) is 3.01. The number of ether oxygens (including phenoxy) is 2. The molecule has 3 fully saturated rings. The van der Waals surface area contributed by atoms with Crippen LogP contribution in [-0.2, 0) is 14.3 Å². The van der Waals surface area contributed by atoms with Crippen molar-refractivity contribution in [1.82, 2.24) is 10.2 Å². The van der Waals surface area contributed by atoms with Crippen molar-refractivity contribution in [2.75, 3.05) is 46.0 Å². The van der Waals surface area contributed by atoms with Gasteiger partial charge in [0, 0.05) is 25.0 Å². The van der Waals surface area contributed by atoms with E-state index in [1.165, 1.54) is 6.42 Å². The van der Waals surface area contributed by atoms with E-state index < -0.39 is 0 Å². The van der Waals surface area contributed by atoms with Gasteiger partial charge in [0.25, 0.3) is 5.91 Å². The predicted octanol–water partition coefficient (Wildman–Crippen LogP) is 0.0356. The van der Waals surface area contributed by atoms with Gasteiger partial charge in [-0.2, -0.15) is 0 Å². The minimum Gasteiger partial charge on any atom is -0.376 e. The summed E-state index contributed by atoms with van der Waals surface area (Å²) in [5.41, 5.74) is 0.338. The highest BCUT2D eigenvalue weighted by Gasteiger charge is 2.43. The normalized spacial score (nSPS) is 35.8. The lowest BCUT2D eigenvalue weighted by Crippen LogP contribution is -2.45. The Hall–Kier alpha value is -0.360. The third-order valence-corrected chi connectivity index (χ3v) is 4.17. The highest BCUT2D eigenvalue weighted by Crippen LogP contribution is 2.36. The Morgan fingerprint density at radius 2 is 2.22 bits per heavy atom. The molecule has 2 unspecified atom stereocenters. The summed E-state index contributed by atoms with van der Waals surface area (Å²) in [7, 11) is 0. The van der Waals surface area contributed by atoms with Crippen LogP contribution in [0.3, 0.4) is 0 Å². The molecule has 0 aromatic rings. The van der Waals surface area contributed by atoms with Gasteiger partial charge >= 0.3 is 0 Å². The lowest BCUT2D eigenvalue weighted by atomic mass is 9.86. The molecule has 3 rings (SSSR count). The Morgan fingerprint density at radius 3 is 2.89 bits per heavy atom. The number of carbonyl (C=O) groups excluding carboxylic acids is 1. The van der Waals surface area contributed by atoms with E-state index in [1.807, 2.05) is 4.90 Å². The lowest BCUT2D eigenvalue weighted by molar-refractivity contribution is -0.157. The van der Waals surface area contributed by atoms with E-state index in [4.69, 9.17) is 9.47 Å². The van der Waals surface area contributed by atoms with E-state index >= 15 is 0 Å². The minimum atomic E-state index is -0.367. The number of halogens is 1. The molecule has 104 valence electrons. The van der Waals surface area contributed by atoms with Crippen molar-refractivity contribution in [3.05, 3.63) is 0 Å². The van der Waals surface area contributed by atoms with Crippen LogP contribution in [0, 0.1) is 5.41 Å². The zero-order chi connectivity index (χ0) is 11.7. The van der Waals surface area contributed by atoms with Gasteiger partial charge in [-0.25, -0.2) is 0 Å². The molecular weight excluding hydrogens is 256 g/mol. The van der Waals surface area contributed by atoms with Crippen LogP contribution in [0.2, 0.25) is 0 Å². The van der Waals surface area contributed by atoms with Gasteiger partial charge in [0.2, 0.25) is 0 Å². The molecule has 18 heavy (non-hydrogen) atoms. The molecule has 0 saturated carbocycles. The molecule has 1 spiro atoms. The average molecular weight is 277 g/mol. The van der Waals surface area contributed by atoms with E-state index in [0.29, 0.717) is 25.2 Å². The summed E-state index contributed by atoms with van der Waals surface area (Å²) in [6, 6.07) is 0. The molecule has 0 radical (unpaired) electrons. The fourth-order valence-electron chi connectivity index (χ4n) is 3.10. The molecule has 6 heteroatoms. The van der Waals surface area contributed by atoms with E-state index in [1.54, 1.807) is 0 Å². The predicted molar refractivity (Wildman–Crippen MR) is 68.9 cm³/mol. The third-order valence-electron chi connectivity index (χ3n) is 4.17. The van der Waals surface area contributed by atoms with E-state index in [-0.39, 0.29) is 24.4 Å². The molecule has 3 heterocycles. The van der Waals surface area contributed by atoms with Crippen molar-refractivity contribution >= 4 is 18.3 Å². The van der Waals surface area contributed by atoms with E-state index in [0.717, 1.165) is 32.6 Å². The van der Waals surface area contributed by atoms with Crippen LogP contribution >= 0.6 is 12.4 Å². The van der Waals surface area contributed by atoms with Gasteiger partial charge in [-0.3, -0.25) is 4.79 Å². The summed E-state index contributed by atoms with van der Waals surface area (Å²) < 4.78 is 10.8. The van der Waals surface area contributed by atoms with Gasteiger partial charge in [-0.1, -0.05) is 0 Å². The van der Waals surface area contributed by atoms with Crippen LogP contribution in [-0.4, -0.2) is 62.9 Å². The summed E-state index contributed by atoms with van der Waals surface area (Å²) in [6.07, 6.45) is 1.95. The highest BCUT2D eigenvalue weighted by atomic mass is 35.5. The topological polar surface area (TPSA) is 50.8 Å². The Balaban J connectivity index is 0.00000120. The van der Waals surface area contributed by atoms with Crippen molar-refractivity contribution in [2.45, 2.75) is 18.9 Å². The molecule has 1 amide bonds. The molecule has 1 N–H and O–H groups in total. The number of rotatable bonds is 1. The van der Waals surface area contributed by atoms with Crippen LogP contribution in [0.15, 0.2) is 0 Å². The maximum atomic E-state index is 12.2. The van der Waals surface area contributed by atoms with E-state index in [2.05, 4.69) is 5.32 Å². The Kier molecular flexibility index (Phi) is 4.48. The minimum absolute atomic E-state index is 0. The standard InChI is InChI=1S/C12H20N2O3.ClH/c15-11(10-7-16-5-6-17-10)14-4-2-12(9-14)1-3-13-8-12;/h10,13H,1-9H2;1H. The zero-order valence-electron chi connectivity index (χ0n) is 10.5. The van der Waals surface area contributed by atoms with Crippen LogP contribution in [0.25, 0.3) is 0 Å². The number of hydrogen-bond donors (Lipinski definition) is 1. The summed E-state index contributed by atoms with van der Waals surface area (Å²) in [5.74, 6) is 0.119. The largest absolute Gasteiger partial charge is 0.376 e. The number of carbonyl (C=O) groups is 1. The van der Waals surface area contributed by atoms with Crippen LogP contribution in [0.1, 0.15) is 12.8 Å². The third kappa shape index (κ3) is 2.64. The first kappa shape index (κ1) is 14.1. The van der Waals surface area contributed by atoms with Crippen molar-refractivity contribution in [3.8, 4) is 0 Å². The summed E-state index contributed by atoms with van der Waals surface area (Å²) in [6.45, 7) is 5.47. The number of likely N-dealkylation sites (tertiary alicyclic amines) is 1. The monoisotopic (exact) mass is 276 g/mol. The first-order valence-electron chi connectivity index (χ1n) is 6.48. The Morgan fingerprint density at radius 1 is 1.33 bits per heavy atom. The zero-order valence-corrected chi connectivity index (χ0v) is 11.3. The highest BCUT2D eigenvalue weighted by molar-refractivity contribution is 5.85.